The van der Waals surface area contributed by atoms with Crippen LogP contribution in [0.1, 0.15) is 21.5 Å². The number of amides is 1. The zero-order chi connectivity index (χ0) is 20.8. The number of hydrogen-bond acceptors (Lipinski definition) is 4. The summed E-state index contributed by atoms with van der Waals surface area (Å²) < 4.78 is 5.54. The van der Waals surface area contributed by atoms with Gasteiger partial charge >= 0.3 is 0 Å². The van der Waals surface area contributed by atoms with Gasteiger partial charge in [-0.05, 0) is 41.5 Å². The summed E-state index contributed by atoms with van der Waals surface area (Å²) in [5, 5.41) is 11.4. The van der Waals surface area contributed by atoms with Crippen molar-refractivity contribution in [3.63, 3.8) is 0 Å². The summed E-state index contributed by atoms with van der Waals surface area (Å²) in [6, 6.07) is 19.5. The van der Waals surface area contributed by atoms with E-state index in [1.165, 1.54) is 5.56 Å². The van der Waals surface area contributed by atoms with Crippen LogP contribution in [0.4, 0.5) is 0 Å². The fraction of sp³-hybridized carbons (Fsp3) is 0.125. The molecule has 3 N–H and O–H groups in total. The lowest BCUT2D eigenvalue weighted by molar-refractivity contribution is 0.0951. The SMILES string of the molecule is O=C(NCc1ccc2c(c1)CCO2)c1ccc2nc(-c3n[nH]c4ccccc34)[nH]c2c1. The molecule has 152 valence electrons. The van der Waals surface area contributed by atoms with E-state index in [1.54, 1.807) is 6.07 Å². The number of carbonyl (C=O) groups is 1. The lowest BCUT2D eigenvalue weighted by atomic mass is 10.1. The summed E-state index contributed by atoms with van der Waals surface area (Å²) in [5.41, 5.74) is 6.15. The topological polar surface area (TPSA) is 95.7 Å². The molecule has 0 unspecified atom stereocenters. The summed E-state index contributed by atoms with van der Waals surface area (Å²) in [4.78, 5) is 20.7. The molecule has 7 nitrogen and oxygen atoms in total. The molecule has 3 aromatic carbocycles. The number of hydrogen-bond donors (Lipinski definition) is 3. The fourth-order valence-electron chi connectivity index (χ4n) is 4.04. The fourth-order valence-corrected chi connectivity index (χ4v) is 4.04. The second kappa shape index (κ2) is 6.98. The van der Waals surface area contributed by atoms with E-state index in [4.69, 9.17) is 4.74 Å². The molecule has 0 spiro atoms. The third kappa shape index (κ3) is 3.11. The Kier molecular flexibility index (Phi) is 3.99. The highest BCUT2D eigenvalue weighted by Gasteiger charge is 2.15. The first-order valence-electron chi connectivity index (χ1n) is 10.2. The van der Waals surface area contributed by atoms with Crippen molar-refractivity contribution in [2.75, 3.05) is 6.61 Å². The van der Waals surface area contributed by atoms with Gasteiger partial charge in [-0.2, -0.15) is 5.10 Å². The second-order valence-electron chi connectivity index (χ2n) is 7.66. The molecule has 1 amide bonds. The molecule has 3 heterocycles. The predicted molar refractivity (Wildman–Crippen MR) is 118 cm³/mol. The number of nitrogens with one attached hydrogen (secondary N) is 3. The molecule has 0 saturated carbocycles. The van der Waals surface area contributed by atoms with Crippen molar-refractivity contribution in [1.29, 1.82) is 0 Å². The smallest absolute Gasteiger partial charge is 0.251 e. The van der Waals surface area contributed by atoms with Crippen molar-refractivity contribution in [1.82, 2.24) is 25.5 Å². The average molecular weight is 409 g/mol. The van der Waals surface area contributed by atoms with Crippen LogP contribution < -0.4 is 10.1 Å². The molecular weight excluding hydrogens is 390 g/mol. The van der Waals surface area contributed by atoms with Gasteiger partial charge < -0.3 is 15.0 Å². The van der Waals surface area contributed by atoms with Gasteiger partial charge in [0, 0.05) is 23.9 Å². The largest absolute Gasteiger partial charge is 0.493 e. The minimum atomic E-state index is -0.125. The van der Waals surface area contributed by atoms with Gasteiger partial charge in [-0.25, -0.2) is 4.98 Å². The van der Waals surface area contributed by atoms with Gasteiger partial charge in [0.05, 0.1) is 23.2 Å². The van der Waals surface area contributed by atoms with Crippen LogP contribution >= 0.6 is 0 Å². The Balaban J connectivity index is 1.24. The predicted octanol–water partition coefficient (Wildman–Crippen LogP) is 3.97. The molecule has 31 heavy (non-hydrogen) atoms. The van der Waals surface area contributed by atoms with Gasteiger partial charge in [-0.15, -0.1) is 0 Å². The first-order valence-corrected chi connectivity index (χ1v) is 10.2. The average Bonchev–Trinajstić information content (AvgIpc) is 3.53. The number of imidazole rings is 1. The highest BCUT2D eigenvalue weighted by Crippen LogP contribution is 2.27. The number of H-pyrrole nitrogens is 2. The van der Waals surface area contributed by atoms with E-state index in [0.29, 0.717) is 17.9 Å². The molecule has 0 fully saturated rings. The van der Waals surface area contributed by atoms with Gasteiger partial charge in [0.1, 0.15) is 11.4 Å². The van der Waals surface area contributed by atoms with Crippen molar-refractivity contribution in [2.24, 2.45) is 0 Å². The van der Waals surface area contributed by atoms with E-state index in [1.807, 2.05) is 48.5 Å². The molecule has 0 bridgehead atoms. The Hall–Kier alpha value is -4.13. The van der Waals surface area contributed by atoms with Crippen LogP contribution in [0.15, 0.2) is 60.7 Å². The molecule has 0 radical (unpaired) electrons. The highest BCUT2D eigenvalue weighted by atomic mass is 16.5. The molecule has 0 aliphatic carbocycles. The highest BCUT2D eigenvalue weighted by molar-refractivity contribution is 5.98. The van der Waals surface area contributed by atoms with Crippen LogP contribution in [0.2, 0.25) is 0 Å². The van der Waals surface area contributed by atoms with Gasteiger partial charge in [0.15, 0.2) is 5.82 Å². The van der Waals surface area contributed by atoms with Crippen LogP contribution in [-0.2, 0) is 13.0 Å². The maximum absolute atomic E-state index is 12.7. The second-order valence-corrected chi connectivity index (χ2v) is 7.66. The van der Waals surface area contributed by atoms with Crippen LogP contribution in [-0.4, -0.2) is 32.7 Å². The Labute approximate surface area is 177 Å². The Morgan fingerprint density at radius 1 is 1.06 bits per heavy atom. The lowest BCUT2D eigenvalue weighted by Gasteiger charge is -2.07. The normalized spacial score (nSPS) is 12.8. The van der Waals surface area contributed by atoms with E-state index in [0.717, 1.165) is 52.0 Å². The molecule has 7 heteroatoms. The number of ether oxygens (including phenoxy) is 1. The molecule has 1 aliphatic heterocycles. The van der Waals surface area contributed by atoms with E-state index in [-0.39, 0.29) is 5.91 Å². The van der Waals surface area contributed by atoms with Gasteiger partial charge in [0.2, 0.25) is 0 Å². The van der Waals surface area contributed by atoms with Crippen molar-refractivity contribution < 1.29 is 9.53 Å². The summed E-state index contributed by atoms with van der Waals surface area (Å²) in [7, 11) is 0. The number of nitrogens with zero attached hydrogens (tertiary/aromatic N) is 2. The maximum Gasteiger partial charge on any atom is 0.251 e. The number of carbonyl (C=O) groups excluding carboxylic acids is 1. The number of fused-ring (bicyclic) bond motifs is 3. The molecule has 0 saturated heterocycles. The van der Waals surface area contributed by atoms with Crippen molar-refractivity contribution >= 4 is 27.8 Å². The minimum absolute atomic E-state index is 0.125. The first kappa shape index (κ1) is 17.7. The molecule has 0 atom stereocenters. The van der Waals surface area contributed by atoms with Crippen LogP contribution in [0.3, 0.4) is 0 Å². The van der Waals surface area contributed by atoms with Crippen molar-refractivity contribution in [3.05, 3.63) is 77.4 Å². The van der Waals surface area contributed by atoms with Crippen molar-refractivity contribution in [2.45, 2.75) is 13.0 Å². The van der Waals surface area contributed by atoms with E-state index >= 15 is 0 Å². The van der Waals surface area contributed by atoms with E-state index in [9.17, 15) is 4.79 Å². The Bertz CT molecular complexity index is 1450. The number of para-hydroxylation sites is 1. The molecule has 5 aromatic rings. The first-order chi connectivity index (χ1) is 15.2. The minimum Gasteiger partial charge on any atom is -0.493 e. The summed E-state index contributed by atoms with van der Waals surface area (Å²) in [6.45, 7) is 1.20. The van der Waals surface area contributed by atoms with Gasteiger partial charge in [-0.3, -0.25) is 9.89 Å². The zero-order valence-corrected chi connectivity index (χ0v) is 16.6. The zero-order valence-electron chi connectivity index (χ0n) is 16.6. The standard InChI is InChI=1S/C24H19N5O2/c30-24(25-13-14-5-8-21-15(11-14)9-10-31-21)16-6-7-19-20(12-16)27-23(26-19)22-17-3-1-2-4-18(17)28-29-22/h1-8,11-12H,9-10,13H2,(H,25,30)(H,26,27)(H,28,29). The van der Waals surface area contributed by atoms with Gasteiger partial charge in [0.25, 0.3) is 5.91 Å². The molecule has 2 aromatic heterocycles. The molecule has 1 aliphatic rings. The monoisotopic (exact) mass is 409 g/mol. The maximum atomic E-state index is 12.7. The van der Waals surface area contributed by atoms with Crippen LogP contribution in [0.25, 0.3) is 33.5 Å². The van der Waals surface area contributed by atoms with Crippen LogP contribution in [0.5, 0.6) is 5.75 Å². The lowest BCUT2D eigenvalue weighted by Crippen LogP contribution is -2.22. The number of rotatable bonds is 4. The van der Waals surface area contributed by atoms with E-state index in [2.05, 4.69) is 31.5 Å². The number of aromatic nitrogens is 4. The van der Waals surface area contributed by atoms with Crippen molar-refractivity contribution in [3.8, 4) is 17.3 Å². The Morgan fingerprint density at radius 2 is 2.00 bits per heavy atom. The third-order valence-electron chi connectivity index (χ3n) is 5.65. The summed E-state index contributed by atoms with van der Waals surface area (Å²) >= 11 is 0. The molecular formula is C24H19N5O2. The number of benzene rings is 3. The third-order valence-corrected chi connectivity index (χ3v) is 5.65. The quantitative estimate of drug-likeness (QED) is 0.418. The summed E-state index contributed by atoms with van der Waals surface area (Å²) in [5.74, 6) is 1.49. The van der Waals surface area contributed by atoms with Gasteiger partial charge in [-0.1, -0.05) is 30.3 Å². The van der Waals surface area contributed by atoms with E-state index < -0.39 is 0 Å². The summed E-state index contributed by atoms with van der Waals surface area (Å²) in [6.07, 6.45) is 0.918. The Morgan fingerprint density at radius 3 is 2.97 bits per heavy atom. The number of aromatic amines is 2. The molecule has 6 rings (SSSR count). The van der Waals surface area contributed by atoms with Crippen LogP contribution in [0, 0.1) is 0 Å².